The third-order valence-corrected chi connectivity index (χ3v) is 7.73. The number of unbranched alkanes of at least 4 members (excludes halogenated alkanes) is 5. The summed E-state index contributed by atoms with van der Waals surface area (Å²) in [5, 5.41) is 1.59. The zero-order valence-corrected chi connectivity index (χ0v) is 14.7. The highest BCUT2D eigenvalue weighted by Crippen LogP contribution is 2.18. The van der Waals surface area contributed by atoms with Gasteiger partial charge in [-0.2, -0.15) is 0 Å². The lowest BCUT2D eigenvalue weighted by Gasteiger charge is -2.23. The van der Waals surface area contributed by atoms with Crippen molar-refractivity contribution in [3.05, 3.63) is 28.7 Å². The van der Waals surface area contributed by atoms with Gasteiger partial charge in [0.25, 0.3) is 0 Å². The van der Waals surface area contributed by atoms with Gasteiger partial charge in [0.05, 0.1) is 8.07 Å². The molecule has 1 rings (SSSR count). The van der Waals surface area contributed by atoms with E-state index in [-0.39, 0.29) is 0 Å². The average Bonchev–Trinajstić information content (AvgIpc) is 2.33. The molecular formula is C16H27BrSi. The van der Waals surface area contributed by atoms with Crippen molar-refractivity contribution in [3.63, 3.8) is 0 Å². The number of halogens is 1. The minimum Gasteiger partial charge on any atom is -0.0654 e. The van der Waals surface area contributed by atoms with E-state index in [1.165, 1.54) is 49.0 Å². The van der Waals surface area contributed by atoms with Gasteiger partial charge in [-0.25, -0.2) is 0 Å². The Morgan fingerprint density at radius 1 is 1.00 bits per heavy atom. The minimum absolute atomic E-state index is 1.21. The topological polar surface area (TPSA) is 0 Å². The highest BCUT2D eigenvalue weighted by molar-refractivity contribution is 9.10. The lowest BCUT2D eigenvalue weighted by molar-refractivity contribution is 0.623. The van der Waals surface area contributed by atoms with Gasteiger partial charge in [-0.15, -0.1) is 0 Å². The summed E-state index contributed by atoms with van der Waals surface area (Å²) in [6.45, 7) is 7.28. The van der Waals surface area contributed by atoms with Crippen molar-refractivity contribution >= 4 is 29.2 Å². The molecule has 0 radical (unpaired) electrons. The van der Waals surface area contributed by atoms with Crippen LogP contribution in [0.15, 0.2) is 28.7 Å². The summed E-state index contributed by atoms with van der Waals surface area (Å²) >= 11 is 3.59. The molecule has 0 saturated carbocycles. The Morgan fingerprint density at radius 3 is 2.33 bits per heavy atom. The van der Waals surface area contributed by atoms with Gasteiger partial charge in [0.1, 0.15) is 0 Å². The molecule has 1 aromatic carbocycles. The van der Waals surface area contributed by atoms with Crippen LogP contribution in [0.5, 0.6) is 0 Å². The van der Waals surface area contributed by atoms with Crippen LogP contribution in [-0.2, 0) is 0 Å². The molecule has 0 N–H and O–H groups in total. The molecule has 2 heteroatoms. The van der Waals surface area contributed by atoms with Gasteiger partial charge in [-0.05, 0) is 12.1 Å². The quantitative estimate of drug-likeness (QED) is 0.423. The van der Waals surface area contributed by atoms with Crippen LogP contribution in [0.1, 0.15) is 45.4 Å². The second kappa shape index (κ2) is 8.16. The van der Waals surface area contributed by atoms with Crippen molar-refractivity contribution in [1.82, 2.24) is 0 Å². The SMILES string of the molecule is CCCCCCCC[Si](C)(C)c1cccc(Br)c1. The van der Waals surface area contributed by atoms with Crippen LogP contribution in [0.4, 0.5) is 0 Å². The molecule has 102 valence electrons. The predicted octanol–water partition coefficient (Wildman–Crippen LogP) is 5.73. The van der Waals surface area contributed by atoms with Crippen molar-refractivity contribution in [2.75, 3.05) is 0 Å². The van der Waals surface area contributed by atoms with Crippen LogP contribution in [-0.4, -0.2) is 8.07 Å². The van der Waals surface area contributed by atoms with E-state index in [0.717, 1.165) is 0 Å². The number of hydrogen-bond acceptors (Lipinski definition) is 0. The molecule has 0 bridgehead atoms. The van der Waals surface area contributed by atoms with Crippen LogP contribution >= 0.6 is 15.9 Å². The fourth-order valence-corrected chi connectivity index (χ4v) is 5.53. The summed E-state index contributed by atoms with van der Waals surface area (Å²) in [5.74, 6) is 0. The monoisotopic (exact) mass is 326 g/mol. The van der Waals surface area contributed by atoms with Gasteiger partial charge in [0.2, 0.25) is 0 Å². The highest BCUT2D eigenvalue weighted by atomic mass is 79.9. The Balaban J connectivity index is 2.35. The lowest BCUT2D eigenvalue weighted by atomic mass is 10.1. The maximum atomic E-state index is 3.59. The third-order valence-electron chi connectivity index (χ3n) is 3.76. The first-order valence-corrected chi connectivity index (χ1v) is 11.3. The zero-order chi connectivity index (χ0) is 13.4. The first-order chi connectivity index (χ1) is 8.56. The predicted molar refractivity (Wildman–Crippen MR) is 89.4 cm³/mol. The van der Waals surface area contributed by atoms with Crippen LogP contribution in [0.3, 0.4) is 0 Å². The molecule has 0 aliphatic heterocycles. The molecule has 0 aromatic heterocycles. The van der Waals surface area contributed by atoms with Gasteiger partial charge in [-0.3, -0.25) is 0 Å². The van der Waals surface area contributed by atoms with E-state index in [0.29, 0.717) is 0 Å². The summed E-state index contributed by atoms with van der Waals surface area (Å²) in [6, 6.07) is 10.4. The van der Waals surface area contributed by atoms with E-state index in [1.54, 1.807) is 5.19 Å². The maximum absolute atomic E-state index is 3.59. The molecule has 0 heterocycles. The van der Waals surface area contributed by atoms with Crippen LogP contribution in [0, 0.1) is 0 Å². The normalized spacial score (nSPS) is 11.8. The molecule has 0 saturated heterocycles. The Bertz CT molecular complexity index is 347. The molecule has 0 unspecified atom stereocenters. The summed E-state index contributed by atoms with van der Waals surface area (Å²) in [6.07, 6.45) is 8.44. The fourth-order valence-electron chi connectivity index (χ4n) is 2.40. The minimum atomic E-state index is -1.21. The van der Waals surface area contributed by atoms with Crippen molar-refractivity contribution < 1.29 is 0 Å². The Labute approximate surface area is 122 Å². The van der Waals surface area contributed by atoms with Crippen molar-refractivity contribution in [2.24, 2.45) is 0 Å². The summed E-state index contributed by atoms with van der Waals surface area (Å²) in [4.78, 5) is 0. The first-order valence-electron chi connectivity index (χ1n) is 7.32. The number of hydrogen-bond donors (Lipinski definition) is 0. The third kappa shape index (κ3) is 5.70. The van der Waals surface area contributed by atoms with Gasteiger partial charge in [-0.1, -0.05) is 97.8 Å². The van der Waals surface area contributed by atoms with Crippen LogP contribution in [0.25, 0.3) is 0 Å². The van der Waals surface area contributed by atoms with Gasteiger partial charge < -0.3 is 0 Å². The number of rotatable bonds is 8. The molecule has 18 heavy (non-hydrogen) atoms. The summed E-state index contributed by atoms with van der Waals surface area (Å²) in [5.41, 5.74) is 0. The Kier molecular flexibility index (Phi) is 7.24. The van der Waals surface area contributed by atoms with Gasteiger partial charge in [0.15, 0.2) is 0 Å². The van der Waals surface area contributed by atoms with Gasteiger partial charge >= 0.3 is 0 Å². The number of benzene rings is 1. The second-order valence-corrected chi connectivity index (χ2v) is 11.7. The molecule has 1 aromatic rings. The standard InChI is InChI=1S/C16H27BrSi/c1-4-5-6-7-8-9-13-18(2,3)16-12-10-11-15(17)14-16/h10-12,14H,4-9,13H2,1-3H3. The van der Waals surface area contributed by atoms with E-state index in [2.05, 4.69) is 60.2 Å². The molecule has 0 nitrogen and oxygen atoms in total. The molecule has 0 fully saturated rings. The van der Waals surface area contributed by atoms with Gasteiger partial charge in [0, 0.05) is 4.47 Å². The van der Waals surface area contributed by atoms with E-state index in [1.807, 2.05) is 0 Å². The van der Waals surface area contributed by atoms with Crippen LogP contribution < -0.4 is 5.19 Å². The second-order valence-electron chi connectivity index (χ2n) is 5.91. The van der Waals surface area contributed by atoms with E-state index < -0.39 is 8.07 Å². The van der Waals surface area contributed by atoms with E-state index in [4.69, 9.17) is 0 Å². The maximum Gasteiger partial charge on any atom is 0.0806 e. The summed E-state index contributed by atoms with van der Waals surface area (Å²) < 4.78 is 1.23. The first kappa shape index (κ1) is 16.0. The van der Waals surface area contributed by atoms with Crippen LogP contribution in [0.2, 0.25) is 19.1 Å². The molecule has 0 atom stereocenters. The van der Waals surface area contributed by atoms with Crippen molar-refractivity contribution in [2.45, 2.75) is 64.6 Å². The van der Waals surface area contributed by atoms with E-state index in [9.17, 15) is 0 Å². The Morgan fingerprint density at radius 2 is 1.67 bits per heavy atom. The largest absolute Gasteiger partial charge is 0.0806 e. The summed E-state index contributed by atoms with van der Waals surface area (Å²) in [7, 11) is -1.21. The lowest BCUT2D eigenvalue weighted by Crippen LogP contribution is -2.40. The van der Waals surface area contributed by atoms with Crippen molar-refractivity contribution in [3.8, 4) is 0 Å². The highest BCUT2D eigenvalue weighted by Gasteiger charge is 2.22. The van der Waals surface area contributed by atoms with E-state index >= 15 is 0 Å². The van der Waals surface area contributed by atoms with Crippen molar-refractivity contribution in [1.29, 1.82) is 0 Å². The molecule has 0 aliphatic carbocycles. The average molecular weight is 327 g/mol. The molecule has 0 aliphatic rings. The molecule has 0 spiro atoms. The zero-order valence-electron chi connectivity index (χ0n) is 12.1. The smallest absolute Gasteiger partial charge is 0.0654 e. The molecule has 0 amide bonds. The fraction of sp³-hybridized carbons (Fsp3) is 0.625. The molecular weight excluding hydrogens is 300 g/mol. The Hall–Kier alpha value is -0.0831.